The maximum Gasteiger partial charge on any atom is 1.00 e. The van der Waals surface area contributed by atoms with E-state index in [1.165, 1.54) is 0 Å². The number of amides is 1. The van der Waals surface area contributed by atoms with Crippen molar-refractivity contribution < 1.29 is 47.3 Å². The standard InChI is InChI=1S/C5H9NO4S.Na/c1-2-5(7)6-3-4-11(8,9)10;/h2H,1,3-4H2,(H,6,7)(H,8,9,10);/q;+1/p-1. The first-order chi connectivity index (χ1) is 4.95. The van der Waals surface area contributed by atoms with Gasteiger partial charge in [-0.1, -0.05) is 6.58 Å². The molecular weight excluding hydrogens is 193 g/mol. The van der Waals surface area contributed by atoms with Gasteiger partial charge in [-0.3, -0.25) is 4.79 Å². The number of rotatable bonds is 4. The third-order valence-electron chi connectivity index (χ3n) is 0.837. The average molecular weight is 201 g/mol. The number of carbonyl (C=O) groups excluding carboxylic acids is 1. The van der Waals surface area contributed by atoms with E-state index >= 15 is 0 Å². The van der Waals surface area contributed by atoms with E-state index in [0.29, 0.717) is 0 Å². The van der Waals surface area contributed by atoms with Crippen LogP contribution in [-0.2, 0) is 14.9 Å². The van der Waals surface area contributed by atoms with Crippen LogP contribution < -0.4 is 34.9 Å². The van der Waals surface area contributed by atoms with E-state index in [0.717, 1.165) is 6.08 Å². The van der Waals surface area contributed by atoms with Crippen LogP contribution in [0.3, 0.4) is 0 Å². The number of nitrogens with one attached hydrogen (secondary N) is 1. The zero-order valence-electron chi connectivity index (χ0n) is 6.74. The summed E-state index contributed by atoms with van der Waals surface area (Å²) in [7, 11) is -4.23. The van der Waals surface area contributed by atoms with Gasteiger partial charge < -0.3 is 9.87 Å². The summed E-state index contributed by atoms with van der Waals surface area (Å²) in [6.07, 6.45) is 0.997. The molecule has 0 aromatic heterocycles. The Kier molecular flexibility index (Phi) is 8.07. The molecule has 0 saturated heterocycles. The van der Waals surface area contributed by atoms with Crippen LogP contribution in [0.25, 0.3) is 0 Å². The predicted octanol–water partition coefficient (Wildman–Crippen LogP) is -4.16. The number of hydrogen-bond donors (Lipinski definition) is 1. The third-order valence-corrected chi connectivity index (χ3v) is 1.54. The quantitative estimate of drug-likeness (QED) is 0.284. The molecule has 7 heteroatoms. The molecule has 0 aliphatic carbocycles. The molecule has 0 saturated carbocycles. The Labute approximate surface area is 93.3 Å². The van der Waals surface area contributed by atoms with Gasteiger partial charge in [0.2, 0.25) is 5.91 Å². The Morgan fingerprint density at radius 3 is 2.42 bits per heavy atom. The molecule has 0 aromatic rings. The Balaban J connectivity index is 0. The molecule has 0 heterocycles. The van der Waals surface area contributed by atoms with Crippen molar-refractivity contribution >= 4 is 16.0 Å². The van der Waals surface area contributed by atoms with Gasteiger partial charge in [0.05, 0.1) is 15.9 Å². The fourth-order valence-electron chi connectivity index (χ4n) is 0.371. The first-order valence-electron chi connectivity index (χ1n) is 2.79. The van der Waals surface area contributed by atoms with Crippen LogP contribution in [0.15, 0.2) is 12.7 Å². The van der Waals surface area contributed by atoms with Crippen LogP contribution >= 0.6 is 0 Å². The summed E-state index contributed by atoms with van der Waals surface area (Å²) in [5.74, 6) is -1.08. The topological polar surface area (TPSA) is 86.3 Å². The zero-order chi connectivity index (χ0) is 8.91. The van der Waals surface area contributed by atoms with Crippen molar-refractivity contribution in [1.82, 2.24) is 5.32 Å². The molecule has 1 N–H and O–H groups in total. The summed E-state index contributed by atoms with van der Waals surface area (Å²) in [5.41, 5.74) is 0. The van der Waals surface area contributed by atoms with Crippen LogP contribution in [-0.4, -0.2) is 31.2 Å². The fourth-order valence-corrected chi connectivity index (χ4v) is 0.723. The molecule has 0 fully saturated rings. The predicted molar refractivity (Wildman–Crippen MR) is 37.8 cm³/mol. The van der Waals surface area contributed by atoms with E-state index in [1.54, 1.807) is 0 Å². The largest absolute Gasteiger partial charge is 1.00 e. The Morgan fingerprint density at radius 1 is 1.58 bits per heavy atom. The van der Waals surface area contributed by atoms with Gasteiger partial charge in [0.25, 0.3) is 0 Å². The molecule has 0 unspecified atom stereocenters. The van der Waals surface area contributed by atoms with Gasteiger partial charge in [-0.15, -0.1) is 0 Å². The number of hydrogen-bond acceptors (Lipinski definition) is 4. The van der Waals surface area contributed by atoms with Gasteiger partial charge in [0.1, 0.15) is 0 Å². The van der Waals surface area contributed by atoms with Crippen LogP contribution in [0.5, 0.6) is 0 Å². The molecule has 0 bridgehead atoms. The van der Waals surface area contributed by atoms with Crippen LogP contribution in [0, 0.1) is 0 Å². The third kappa shape index (κ3) is 10.1. The Hall–Kier alpha value is 0.120. The fraction of sp³-hybridized carbons (Fsp3) is 0.400. The van der Waals surface area contributed by atoms with E-state index in [-0.39, 0.29) is 36.1 Å². The van der Waals surface area contributed by atoms with Gasteiger partial charge in [-0.2, -0.15) is 0 Å². The van der Waals surface area contributed by atoms with Gasteiger partial charge >= 0.3 is 29.6 Å². The van der Waals surface area contributed by atoms with Crippen molar-refractivity contribution in [2.24, 2.45) is 0 Å². The molecule has 0 aromatic carbocycles. The van der Waals surface area contributed by atoms with Crippen molar-refractivity contribution in [1.29, 1.82) is 0 Å². The summed E-state index contributed by atoms with van der Waals surface area (Å²) in [5, 5.41) is 2.15. The van der Waals surface area contributed by atoms with Gasteiger partial charge in [0, 0.05) is 6.54 Å². The van der Waals surface area contributed by atoms with Gasteiger partial charge in [-0.05, 0) is 6.08 Å². The first kappa shape index (κ1) is 14.6. The second-order valence-corrected chi connectivity index (χ2v) is 3.28. The van der Waals surface area contributed by atoms with Crippen molar-refractivity contribution in [3.63, 3.8) is 0 Å². The summed E-state index contributed by atoms with van der Waals surface area (Å²) >= 11 is 0. The van der Waals surface area contributed by atoms with Crippen molar-refractivity contribution in [2.45, 2.75) is 0 Å². The molecule has 12 heavy (non-hydrogen) atoms. The summed E-state index contributed by atoms with van der Waals surface area (Å²) in [6, 6.07) is 0. The molecule has 0 aliphatic rings. The molecule has 0 aliphatic heterocycles. The molecule has 0 rings (SSSR count). The maximum absolute atomic E-state index is 10.4. The van der Waals surface area contributed by atoms with Gasteiger partial charge in [0.15, 0.2) is 0 Å². The Bertz CT molecular complexity index is 248. The number of carbonyl (C=O) groups is 1. The van der Waals surface area contributed by atoms with E-state index in [1.807, 2.05) is 0 Å². The smallest absolute Gasteiger partial charge is 0.748 e. The molecule has 0 atom stereocenters. The van der Waals surface area contributed by atoms with Crippen molar-refractivity contribution in [2.75, 3.05) is 12.3 Å². The summed E-state index contributed by atoms with van der Waals surface area (Å²) in [6.45, 7) is 2.97. The molecule has 1 amide bonds. The minimum Gasteiger partial charge on any atom is -0.748 e. The SMILES string of the molecule is C=CC(=O)NCCS(=O)(=O)[O-].[Na+]. The monoisotopic (exact) mass is 201 g/mol. The minimum atomic E-state index is -4.23. The van der Waals surface area contributed by atoms with Crippen LogP contribution in [0.4, 0.5) is 0 Å². The Morgan fingerprint density at radius 2 is 2.08 bits per heavy atom. The molecule has 64 valence electrons. The molecule has 5 nitrogen and oxygen atoms in total. The van der Waals surface area contributed by atoms with E-state index in [9.17, 15) is 17.8 Å². The van der Waals surface area contributed by atoms with Crippen LogP contribution in [0.2, 0.25) is 0 Å². The van der Waals surface area contributed by atoms with Gasteiger partial charge in [-0.25, -0.2) is 8.42 Å². The second kappa shape index (κ2) is 6.62. The minimum absolute atomic E-state index is 0. The van der Waals surface area contributed by atoms with Crippen molar-refractivity contribution in [3.8, 4) is 0 Å². The summed E-state index contributed by atoms with van der Waals surface area (Å²) < 4.78 is 29.9. The van der Waals surface area contributed by atoms with E-state index in [4.69, 9.17) is 0 Å². The van der Waals surface area contributed by atoms with E-state index < -0.39 is 21.8 Å². The molecular formula is C5H8NNaO4S. The summed E-state index contributed by atoms with van der Waals surface area (Å²) in [4.78, 5) is 10.4. The van der Waals surface area contributed by atoms with Crippen LogP contribution in [0.1, 0.15) is 0 Å². The first-order valence-corrected chi connectivity index (χ1v) is 4.37. The van der Waals surface area contributed by atoms with Crippen molar-refractivity contribution in [3.05, 3.63) is 12.7 Å². The molecule has 0 radical (unpaired) electrons. The maximum atomic E-state index is 10.4. The second-order valence-electron chi connectivity index (χ2n) is 1.76. The normalized spacial score (nSPS) is 9.75. The average Bonchev–Trinajstić information content (AvgIpc) is 1.85. The van der Waals surface area contributed by atoms with E-state index in [2.05, 4.69) is 11.9 Å². The molecule has 0 spiro atoms. The zero-order valence-corrected chi connectivity index (χ0v) is 9.56.